The van der Waals surface area contributed by atoms with Gasteiger partial charge >= 0.3 is 0 Å². The second kappa shape index (κ2) is 5.41. The van der Waals surface area contributed by atoms with Crippen LogP contribution in [0.3, 0.4) is 0 Å². The molecule has 2 aliphatic rings. The Hall–Kier alpha value is -2.01. The van der Waals surface area contributed by atoms with Gasteiger partial charge in [-0.1, -0.05) is 12.1 Å². The number of rotatable bonds is 2. The molecule has 0 amide bonds. The van der Waals surface area contributed by atoms with Crippen LogP contribution in [0.4, 0.5) is 0 Å². The summed E-state index contributed by atoms with van der Waals surface area (Å²) < 4.78 is 0. The zero-order valence-corrected chi connectivity index (χ0v) is 11.9. The lowest BCUT2D eigenvalue weighted by Gasteiger charge is -2.30. The second-order valence-electron chi connectivity index (χ2n) is 5.76. The predicted molar refractivity (Wildman–Crippen MR) is 83.4 cm³/mol. The molecule has 21 heavy (non-hydrogen) atoms. The maximum Gasteiger partial charge on any atom is 0.0890 e. The smallest absolute Gasteiger partial charge is 0.0890 e. The van der Waals surface area contributed by atoms with Crippen LogP contribution >= 0.6 is 0 Å². The van der Waals surface area contributed by atoms with Crippen LogP contribution in [0.5, 0.6) is 0 Å². The Bertz CT molecular complexity index is 663. The summed E-state index contributed by atoms with van der Waals surface area (Å²) in [6.07, 6.45) is 6.27. The molecule has 1 aromatic heterocycles. The van der Waals surface area contributed by atoms with Gasteiger partial charge in [0.05, 0.1) is 22.6 Å². The summed E-state index contributed by atoms with van der Waals surface area (Å²) in [4.78, 5) is 9.25. The number of hydrogen-bond donors (Lipinski definition) is 1. The topological polar surface area (TPSA) is 53.4 Å². The standard InChI is InChI=1S/C16H19N5/c1-2-4-15-14(3-1)18-10-16(20-15)12-9-19-21(11-12)13-5-7-17-8-6-13/h1-4,9-10,12-13,17H,5-8,11H2. The molecule has 5 nitrogen and oxygen atoms in total. The van der Waals surface area contributed by atoms with Gasteiger partial charge in [0.1, 0.15) is 0 Å². The van der Waals surface area contributed by atoms with Gasteiger partial charge in [0, 0.05) is 25.0 Å². The Morgan fingerprint density at radius 1 is 1.10 bits per heavy atom. The summed E-state index contributed by atoms with van der Waals surface area (Å²) in [7, 11) is 0. The molecular formula is C16H19N5. The first-order valence-corrected chi connectivity index (χ1v) is 7.63. The van der Waals surface area contributed by atoms with Gasteiger partial charge in [0.15, 0.2) is 0 Å². The number of para-hydroxylation sites is 2. The van der Waals surface area contributed by atoms with Crippen molar-refractivity contribution in [2.24, 2.45) is 5.10 Å². The highest BCUT2D eigenvalue weighted by molar-refractivity contribution is 5.75. The van der Waals surface area contributed by atoms with Gasteiger partial charge in [0.2, 0.25) is 0 Å². The Morgan fingerprint density at radius 3 is 2.76 bits per heavy atom. The van der Waals surface area contributed by atoms with Gasteiger partial charge < -0.3 is 5.32 Å². The Kier molecular flexibility index (Phi) is 3.27. The molecule has 1 fully saturated rings. The van der Waals surface area contributed by atoms with Crippen LogP contribution in [0.15, 0.2) is 35.6 Å². The number of hydrogen-bond acceptors (Lipinski definition) is 5. The van der Waals surface area contributed by atoms with Crippen molar-refractivity contribution >= 4 is 17.2 Å². The molecule has 1 N–H and O–H groups in total. The average Bonchev–Trinajstić information content (AvgIpc) is 3.05. The monoisotopic (exact) mass is 281 g/mol. The Balaban J connectivity index is 1.52. The number of hydrazone groups is 1. The first kappa shape index (κ1) is 12.7. The molecule has 108 valence electrons. The van der Waals surface area contributed by atoms with Crippen molar-refractivity contribution in [3.63, 3.8) is 0 Å². The molecule has 1 unspecified atom stereocenters. The van der Waals surface area contributed by atoms with E-state index in [2.05, 4.69) is 20.4 Å². The van der Waals surface area contributed by atoms with Gasteiger partial charge in [-0.05, 0) is 38.1 Å². The van der Waals surface area contributed by atoms with Gasteiger partial charge in [-0.2, -0.15) is 5.10 Å². The minimum atomic E-state index is 0.261. The minimum absolute atomic E-state index is 0.261. The summed E-state index contributed by atoms with van der Waals surface area (Å²) >= 11 is 0. The zero-order valence-electron chi connectivity index (χ0n) is 11.9. The fraction of sp³-hybridized carbons (Fsp3) is 0.438. The van der Waals surface area contributed by atoms with E-state index in [4.69, 9.17) is 4.98 Å². The lowest BCUT2D eigenvalue weighted by Crippen LogP contribution is -2.40. The van der Waals surface area contributed by atoms with Crippen molar-refractivity contribution in [2.75, 3.05) is 19.6 Å². The SMILES string of the molecule is C1=NN(C2CCNCC2)CC1c1cnc2ccccc2n1. The van der Waals surface area contributed by atoms with E-state index in [-0.39, 0.29) is 5.92 Å². The minimum Gasteiger partial charge on any atom is -0.317 e. The van der Waals surface area contributed by atoms with E-state index < -0.39 is 0 Å². The molecule has 1 aromatic carbocycles. The fourth-order valence-corrected chi connectivity index (χ4v) is 3.13. The van der Waals surface area contributed by atoms with Gasteiger partial charge in [-0.15, -0.1) is 0 Å². The van der Waals surface area contributed by atoms with Crippen LogP contribution < -0.4 is 5.32 Å². The molecule has 0 saturated carbocycles. The van der Waals surface area contributed by atoms with E-state index in [1.165, 1.54) is 12.8 Å². The lowest BCUT2D eigenvalue weighted by molar-refractivity contribution is 0.181. The molecule has 2 aliphatic heterocycles. The molecule has 4 rings (SSSR count). The van der Waals surface area contributed by atoms with Gasteiger partial charge in [-0.25, -0.2) is 4.98 Å². The summed E-state index contributed by atoms with van der Waals surface area (Å²) in [5.41, 5.74) is 2.93. The van der Waals surface area contributed by atoms with E-state index in [0.717, 1.165) is 36.4 Å². The number of nitrogens with one attached hydrogen (secondary N) is 1. The van der Waals surface area contributed by atoms with Crippen LogP contribution in [0, 0.1) is 0 Å². The molecule has 0 aliphatic carbocycles. The summed E-state index contributed by atoms with van der Waals surface area (Å²) in [5, 5.41) is 10.2. The third kappa shape index (κ3) is 2.49. The van der Waals surface area contributed by atoms with Crippen molar-refractivity contribution in [2.45, 2.75) is 24.8 Å². The molecule has 0 spiro atoms. The average molecular weight is 281 g/mol. The molecule has 2 aromatic rings. The highest BCUT2D eigenvalue weighted by Crippen LogP contribution is 2.24. The summed E-state index contributed by atoms with van der Waals surface area (Å²) in [6.45, 7) is 3.12. The molecule has 1 saturated heterocycles. The molecule has 0 radical (unpaired) electrons. The van der Waals surface area contributed by atoms with Crippen LogP contribution in [0.25, 0.3) is 11.0 Å². The van der Waals surface area contributed by atoms with Crippen molar-refractivity contribution in [1.82, 2.24) is 20.3 Å². The second-order valence-corrected chi connectivity index (χ2v) is 5.76. The van der Waals surface area contributed by atoms with Crippen molar-refractivity contribution in [3.8, 4) is 0 Å². The molecular weight excluding hydrogens is 262 g/mol. The van der Waals surface area contributed by atoms with E-state index in [0.29, 0.717) is 6.04 Å². The number of benzene rings is 1. The van der Waals surface area contributed by atoms with Crippen LogP contribution in [-0.4, -0.2) is 46.9 Å². The maximum atomic E-state index is 4.74. The predicted octanol–water partition coefficient (Wildman–Crippen LogP) is 1.77. The van der Waals surface area contributed by atoms with Crippen molar-refractivity contribution < 1.29 is 0 Å². The van der Waals surface area contributed by atoms with Crippen molar-refractivity contribution in [3.05, 3.63) is 36.2 Å². The number of nitrogens with zero attached hydrogens (tertiary/aromatic N) is 4. The first-order valence-electron chi connectivity index (χ1n) is 7.63. The number of fused-ring (bicyclic) bond motifs is 1. The Labute approximate surface area is 124 Å². The quantitative estimate of drug-likeness (QED) is 0.911. The van der Waals surface area contributed by atoms with E-state index in [9.17, 15) is 0 Å². The summed E-state index contributed by atoms with van der Waals surface area (Å²) in [5.74, 6) is 0.261. The first-order chi connectivity index (χ1) is 10.4. The largest absolute Gasteiger partial charge is 0.317 e. The highest BCUT2D eigenvalue weighted by Gasteiger charge is 2.27. The maximum absolute atomic E-state index is 4.74. The molecule has 3 heterocycles. The lowest BCUT2D eigenvalue weighted by atomic mass is 10.0. The molecule has 1 atom stereocenters. The number of piperidine rings is 1. The van der Waals surface area contributed by atoms with E-state index in [1.807, 2.05) is 36.7 Å². The zero-order chi connectivity index (χ0) is 14.1. The van der Waals surface area contributed by atoms with Gasteiger partial charge in [0.25, 0.3) is 0 Å². The molecule has 0 bridgehead atoms. The molecule has 5 heteroatoms. The fourth-order valence-electron chi connectivity index (χ4n) is 3.13. The van der Waals surface area contributed by atoms with Crippen LogP contribution in [0.1, 0.15) is 24.5 Å². The van der Waals surface area contributed by atoms with Crippen LogP contribution in [0.2, 0.25) is 0 Å². The Morgan fingerprint density at radius 2 is 1.90 bits per heavy atom. The van der Waals surface area contributed by atoms with E-state index >= 15 is 0 Å². The normalized spacial score (nSPS) is 23.0. The van der Waals surface area contributed by atoms with E-state index in [1.54, 1.807) is 0 Å². The third-order valence-electron chi connectivity index (χ3n) is 4.36. The highest BCUT2D eigenvalue weighted by atomic mass is 15.5. The summed E-state index contributed by atoms with van der Waals surface area (Å²) in [6, 6.07) is 8.58. The van der Waals surface area contributed by atoms with Crippen molar-refractivity contribution in [1.29, 1.82) is 0 Å². The third-order valence-corrected chi connectivity index (χ3v) is 4.36. The number of aromatic nitrogens is 2. The van der Waals surface area contributed by atoms with Gasteiger partial charge in [-0.3, -0.25) is 9.99 Å². The van der Waals surface area contributed by atoms with Crippen LogP contribution in [-0.2, 0) is 0 Å².